The van der Waals surface area contributed by atoms with Gasteiger partial charge in [0.05, 0.1) is 24.9 Å². The van der Waals surface area contributed by atoms with E-state index in [0.29, 0.717) is 35.8 Å². The van der Waals surface area contributed by atoms with E-state index in [1.54, 1.807) is 32.0 Å². The number of carbonyl (C=O) groups is 3. The van der Waals surface area contributed by atoms with Crippen molar-refractivity contribution in [3.8, 4) is 0 Å². The molecule has 0 aromatic carbocycles. The highest BCUT2D eigenvalue weighted by atomic mass is 32.1. The molecule has 27 heavy (non-hydrogen) atoms. The van der Waals surface area contributed by atoms with Crippen molar-refractivity contribution in [3.05, 3.63) is 33.5 Å². The first-order chi connectivity index (χ1) is 12.8. The zero-order valence-corrected chi connectivity index (χ0v) is 16.6. The number of amides is 2. The van der Waals surface area contributed by atoms with E-state index < -0.39 is 5.97 Å². The molecular formula is C18H22N4O4S. The first kappa shape index (κ1) is 19.1. The molecule has 0 saturated heterocycles. The number of rotatable bonds is 4. The number of ether oxygens (including phenoxy) is 1. The minimum atomic E-state index is -0.455. The highest BCUT2D eigenvalue weighted by Crippen LogP contribution is 2.38. The van der Waals surface area contributed by atoms with E-state index in [9.17, 15) is 14.4 Å². The molecule has 8 nitrogen and oxygen atoms in total. The molecule has 0 bridgehead atoms. The van der Waals surface area contributed by atoms with Gasteiger partial charge < -0.3 is 15.0 Å². The van der Waals surface area contributed by atoms with Crippen LogP contribution in [0, 0.1) is 6.92 Å². The molecule has 0 aliphatic carbocycles. The normalized spacial score (nSPS) is 13.3. The Morgan fingerprint density at radius 2 is 2.11 bits per heavy atom. The minimum absolute atomic E-state index is 0.0113. The van der Waals surface area contributed by atoms with Crippen LogP contribution in [0.15, 0.2) is 6.20 Å². The molecular weight excluding hydrogens is 368 g/mol. The van der Waals surface area contributed by atoms with Crippen LogP contribution in [0.3, 0.4) is 0 Å². The van der Waals surface area contributed by atoms with Gasteiger partial charge in [-0.2, -0.15) is 5.10 Å². The maximum Gasteiger partial charge on any atom is 0.341 e. The third kappa shape index (κ3) is 3.59. The average molecular weight is 390 g/mol. The molecule has 0 saturated carbocycles. The SMILES string of the molecule is CCOC(=O)c1c(NC(=O)c2c(C)cnn2C)sc2c1CCN(C(C)=O)C2. The van der Waals surface area contributed by atoms with Gasteiger partial charge in [0.15, 0.2) is 0 Å². The van der Waals surface area contributed by atoms with Gasteiger partial charge in [-0.1, -0.05) is 0 Å². The highest BCUT2D eigenvalue weighted by molar-refractivity contribution is 7.17. The Labute approximate surface area is 161 Å². The van der Waals surface area contributed by atoms with Gasteiger partial charge in [-0.05, 0) is 31.4 Å². The Morgan fingerprint density at radius 1 is 1.37 bits per heavy atom. The first-order valence-corrected chi connectivity index (χ1v) is 9.52. The van der Waals surface area contributed by atoms with Gasteiger partial charge in [0, 0.05) is 25.4 Å². The molecule has 1 N–H and O–H groups in total. The molecule has 2 aromatic rings. The molecule has 0 unspecified atom stereocenters. The van der Waals surface area contributed by atoms with E-state index in [2.05, 4.69) is 10.4 Å². The van der Waals surface area contributed by atoms with Gasteiger partial charge in [0.1, 0.15) is 10.7 Å². The van der Waals surface area contributed by atoms with Gasteiger partial charge in [-0.25, -0.2) is 4.79 Å². The number of hydrogen-bond donors (Lipinski definition) is 1. The van der Waals surface area contributed by atoms with Crippen LogP contribution in [0.5, 0.6) is 0 Å². The van der Waals surface area contributed by atoms with E-state index >= 15 is 0 Å². The zero-order valence-electron chi connectivity index (χ0n) is 15.8. The summed E-state index contributed by atoms with van der Waals surface area (Å²) in [4.78, 5) is 39.6. The van der Waals surface area contributed by atoms with Crippen molar-refractivity contribution in [2.75, 3.05) is 18.5 Å². The molecule has 2 aromatic heterocycles. The Balaban J connectivity index is 1.98. The van der Waals surface area contributed by atoms with E-state index in [1.165, 1.54) is 22.9 Å². The second-order valence-corrected chi connectivity index (χ2v) is 7.48. The molecule has 0 atom stereocenters. The van der Waals surface area contributed by atoms with Crippen molar-refractivity contribution in [2.45, 2.75) is 33.7 Å². The second-order valence-electron chi connectivity index (χ2n) is 6.37. The summed E-state index contributed by atoms with van der Waals surface area (Å²) in [6.07, 6.45) is 2.17. The van der Waals surface area contributed by atoms with Gasteiger partial charge >= 0.3 is 5.97 Å². The number of aryl methyl sites for hydroxylation is 2. The maximum absolute atomic E-state index is 12.8. The Hall–Kier alpha value is -2.68. The summed E-state index contributed by atoms with van der Waals surface area (Å²) in [5, 5.41) is 7.39. The van der Waals surface area contributed by atoms with Crippen molar-refractivity contribution in [2.24, 2.45) is 7.05 Å². The van der Waals surface area contributed by atoms with Crippen LogP contribution in [0.4, 0.5) is 5.00 Å². The third-order valence-electron chi connectivity index (χ3n) is 4.55. The van der Waals surface area contributed by atoms with Gasteiger partial charge in [-0.3, -0.25) is 14.3 Å². The molecule has 2 amide bonds. The molecule has 0 spiro atoms. The molecule has 3 rings (SSSR count). The number of anilines is 1. The van der Waals surface area contributed by atoms with Crippen LogP contribution in [0.25, 0.3) is 0 Å². The quantitative estimate of drug-likeness (QED) is 0.807. The van der Waals surface area contributed by atoms with Crippen LogP contribution < -0.4 is 5.32 Å². The lowest BCUT2D eigenvalue weighted by Crippen LogP contribution is -2.34. The Morgan fingerprint density at radius 3 is 2.70 bits per heavy atom. The molecule has 1 aliphatic rings. The molecule has 9 heteroatoms. The Bertz CT molecular complexity index is 895. The monoisotopic (exact) mass is 390 g/mol. The van der Waals surface area contributed by atoms with Crippen molar-refractivity contribution >= 4 is 34.1 Å². The lowest BCUT2D eigenvalue weighted by Gasteiger charge is -2.25. The fourth-order valence-corrected chi connectivity index (χ4v) is 4.46. The van der Waals surface area contributed by atoms with Crippen molar-refractivity contribution in [1.82, 2.24) is 14.7 Å². The van der Waals surface area contributed by atoms with Crippen molar-refractivity contribution in [1.29, 1.82) is 0 Å². The fraction of sp³-hybridized carbons (Fsp3) is 0.444. The zero-order chi connectivity index (χ0) is 19.7. The third-order valence-corrected chi connectivity index (χ3v) is 5.68. The molecule has 0 fully saturated rings. The lowest BCUT2D eigenvalue weighted by molar-refractivity contribution is -0.129. The van der Waals surface area contributed by atoms with E-state index in [-0.39, 0.29) is 18.4 Å². The molecule has 0 radical (unpaired) electrons. The smallest absolute Gasteiger partial charge is 0.341 e. The lowest BCUT2D eigenvalue weighted by atomic mass is 10.0. The summed E-state index contributed by atoms with van der Waals surface area (Å²) in [5.41, 5.74) is 2.43. The van der Waals surface area contributed by atoms with Gasteiger partial charge in [0.25, 0.3) is 5.91 Å². The highest BCUT2D eigenvalue weighted by Gasteiger charge is 2.30. The number of aromatic nitrogens is 2. The summed E-state index contributed by atoms with van der Waals surface area (Å²) in [6.45, 7) is 6.29. The fourth-order valence-electron chi connectivity index (χ4n) is 3.22. The summed E-state index contributed by atoms with van der Waals surface area (Å²) >= 11 is 1.32. The first-order valence-electron chi connectivity index (χ1n) is 8.70. The van der Waals surface area contributed by atoms with Crippen LogP contribution in [-0.4, -0.2) is 45.6 Å². The standard InChI is InChI=1S/C18H22N4O4S/c1-5-26-18(25)14-12-6-7-22(11(3)23)9-13(12)27-17(14)20-16(24)15-10(2)8-19-21(15)4/h8H,5-7,9H2,1-4H3,(H,20,24). The van der Waals surface area contributed by atoms with Crippen LogP contribution in [0.1, 0.15) is 50.7 Å². The molecule has 144 valence electrons. The number of thiophene rings is 1. The molecule has 1 aliphatic heterocycles. The number of fused-ring (bicyclic) bond motifs is 1. The van der Waals surface area contributed by atoms with E-state index in [1.807, 2.05) is 0 Å². The van der Waals surface area contributed by atoms with Crippen molar-refractivity contribution < 1.29 is 19.1 Å². The summed E-state index contributed by atoms with van der Waals surface area (Å²) in [7, 11) is 1.69. The van der Waals surface area contributed by atoms with Crippen LogP contribution in [-0.2, 0) is 29.5 Å². The van der Waals surface area contributed by atoms with Crippen LogP contribution in [0.2, 0.25) is 0 Å². The predicted octanol–water partition coefficient (Wildman–Crippen LogP) is 2.12. The number of nitrogens with one attached hydrogen (secondary N) is 1. The van der Waals surface area contributed by atoms with Crippen LogP contribution >= 0.6 is 11.3 Å². The van der Waals surface area contributed by atoms with E-state index in [0.717, 1.165) is 16.0 Å². The number of esters is 1. The topological polar surface area (TPSA) is 93.5 Å². The summed E-state index contributed by atoms with van der Waals surface area (Å²) in [6, 6.07) is 0. The summed E-state index contributed by atoms with van der Waals surface area (Å²) in [5.74, 6) is -0.800. The predicted molar refractivity (Wildman–Crippen MR) is 101 cm³/mol. The average Bonchev–Trinajstić information content (AvgIpc) is 3.13. The minimum Gasteiger partial charge on any atom is -0.462 e. The number of carbonyl (C=O) groups excluding carboxylic acids is 3. The Kier molecular flexibility index (Phi) is 5.31. The number of nitrogens with zero attached hydrogens (tertiary/aromatic N) is 3. The molecule has 3 heterocycles. The van der Waals surface area contributed by atoms with Gasteiger partial charge in [-0.15, -0.1) is 11.3 Å². The maximum atomic E-state index is 12.8. The van der Waals surface area contributed by atoms with Gasteiger partial charge in [0.2, 0.25) is 5.91 Å². The second kappa shape index (κ2) is 7.51. The number of hydrogen-bond acceptors (Lipinski definition) is 6. The van der Waals surface area contributed by atoms with E-state index in [4.69, 9.17) is 4.74 Å². The van der Waals surface area contributed by atoms with Crippen molar-refractivity contribution in [3.63, 3.8) is 0 Å². The summed E-state index contributed by atoms with van der Waals surface area (Å²) < 4.78 is 6.71. The largest absolute Gasteiger partial charge is 0.462 e.